The van der Waals surface area contributed by atoms with Crippen LogP contribution < -0.4 is 0 Å². The summed E-state index contributed by atoms with van der Waals surface area (Å²) in [5.74, 6) is -0.623. The number of amides is 1. The van der Waals surface area contributed by atoms with Gasteiger partial charge in [-0.3, -0.25) is 4.79 Å². The molecule has 0 atom stereocenters. The second-order valence-electron chi connectivity index (χ2n) is 4.69. The van der Waals surface area contributed by atoms with Crippen LogP contribution in [0.15, 0.2) is 30.3 Å². The fourth-order valence-electron chi connectivity index (χ4n) is 1.87. The van der Waals surface area contributed by atoms with Crippen molar-refractivity contribution in [2.45, 2.75) is 26.2 Å². The molecule has 1 aromatic rings. The summed E-state index contributed by atoms with van der Waals surface area (Å²) in [6, 6.07) is 7.83. The van der Waals surface area contributed by atoms with E-state index in [2.05, 4.69) is 6.92 Å². The summed E-state index contributed by atoms with van der Waals surface area (Å²) in [5, 5.41) is 8.41. The van der Waals surface area contributed by atoms with Crippen molar-refractivity contribution in [2.75, 3.05) is 13.6 Å². The molecule has 1 aromatic carbocycles. The Morgan fingerprint density at radius 1 is 1.45 bits per heavy atom. The molecule has 0 bridgehead atoms. The van der Waals surface area contributed by atoms with Crippen LogP contribution in [-0.4, -0.2) is 35.5 Å². The van der Waals surface area contributed by atoms with E-state index in [1.165, 1.54) is 5.56 Å². The molecule has 0 saturated carbocycles. The molecule has 1 heterocycles. The zero-order valence-electron chi connectivity index (χ0n) is 12.0. The van der Waals surface area contributed by atoms with Crippen LogP contribution in [0.25, 0.3) is 6.08 Å². The molecule has 108 valence electrons. The van der Waals surface area contributed by atoms with Crippen LogP contribution in [0, 0.1) is 0 Å². The van der Waals surface area contributed by atoms with E-state index < -0.39 is 5.97 Å². The Kier molecular flexibility index (Phi) is 6.50. The van der Waals surface area contributed by atoms with E-state index in [1.54, 1.807) is 11.0 Å². The first-order valence-corrected chi connectivity index (χ1v) is 6.77. The Morgan fingerprint density at radius 2 is 2.20 bits per heavy atom. The number of likely N-dealkylation sites (tertiary alicyclic amines) is 1. The minimum absolute atomic E-state index is 0.292. The maximum Gasteiger partial charge on any atom is 0.328 e. The van der Waals surface area contributed by atoms with Crippen molar-refractivity contribution in [1.29, 1.82) is 0 Å². The minimum Gasteiger partial charge on any atom is -0.478 e. The van der Waals surface area contributed by atoms with E-state index in [9.17, 15) is 9.59 Å². The quantitative estimate of drug-likeness (QED) is 0.863. The molecule has 1 saturated heterocycles. The number of aliphatic carboxylic acids is 1. The normalized spacial score (nSPS) is 14.3. The summed E-state index contributed by atoms with van der Waals surface area (Å²) in [6.45, 7) is 3.03. The molecule has 0 radical (unpaired) electrons. The first-order chi connectivity index (χ1) is 9.52. The van der Waals surface area contributed by atoms with Crippen molar-refractivity contribution in [2.24, 2.45) is 0 Å². The summed E-state index contributed by atoms with van der Waals surface area (Å²) < 4.78 is 0. The molecule has 1 aliphatic heterocycles. The summed E-state index contributed by atoms with van der Waals surface area (Å²) in [7, 11) is 1.84. The lowest BCUT2D eigenvalue weighted by atomic mass is 10.1. The number of carboxylic acids is 1. The molecular weight excluding hydrogens is 254 g/mol. The topological polar surface area (TPSA) is 57.6 Å². The van der Waals surface area contributed by atoms with Crippen LogP contribution in [-0.2, 0) is 16.0 Å². The van der Waals surface area contributed by atoms with Crippen molar-refractivity contribution >= 4 is 18.0 Å². The number of carbonyl (C=O) groups is 2. The van der Waals surface area contributed by atoms with Crippen LogP contribution in [0.2, 0.25) is 0 Å². The monoisotopic (exact) mass is 275 g/mol. The summed E-state index contributed by atoms with van der Waals surface area (Å²) in [6.07, 6.45) is 5.52. The van der Waals surface area contributed by atoms with Crippen molar-refractivity contribution in [3.63, 3.8) is 0 Å². The predicted molar refractivity (Wildman–Crippen MR) is 79.4 cm³/mol. The van der Waals surface area contributed by atoms with Gasteiger partial charge in [0, 0.05) is 26.1 Å². The highest BCUT2D eigenvalue weighted by molar-refractivity contribution is 5.85. The molecule has 0 spiro atoms. The number of carboxylic acid groups (broad SMARTS) is 1. The SMILES string of the molecule is CCc1cccc(C=CC(=O)O)c1.CN1CCCC1=O. The lowest BCUT2D eigenvalue weighted by Crippen LogP contribution is -2.17. The van der Waals surface area contributed by atoms with Crippen LogP contribution in [0.4, 0.5) is 0 Å². The van der Waals surface area contributed by atoms with E-state index in [1.807, 2.05) is 31.3 Å². The molecule has 4 heteroatoms. The van der Waals surface area contributed by atoms with Gasteiger partial charge in [0.25, 0.3) is 0 Å². The van der Waals surface area contributed by atoms with Crippen molar-refractivity contribution < 1.29 is 14.7 Å². The Bertz CT molecular complexity index is 494. The molecule has 2 rings (SSSR count). The number of hydrogen-bond donors (Lipinski definition) is 1. The third kappa shape index (κ3) is 5.69. The Balaban J connectivity index is 0.000000240. The largest absolute Gasteiger partial charge is 0.478 e. The molecule has 20 heavy (non-hydrogen) atoms. The van der Waals surface area contributed by atoms with Gasteiger partial charge in [0.2, 0.25) is 5.91 Å². The number of rotatable bonds is 3. The smallest absolute Gasteiger partial charge is 0.328 e. The van der Waals surface area contributed by atoms with E-state index >= 15 is 0 Å². The number of carbonyl (C=O) groups excluding carboxylic acids is 1. The number of nitrogens with zero attached hydrogens (tertiary/aromatic N) is 1. The highest BCUT2D eigenvalue weighted by Crippen LogP contribution is 2.07. The maximum absolute atomic E-state index is 10.5. The Labute approximate surface area is 119 Å². The highest BCUT2D eigenvalue weighted by atomic mass is 16.4. The molecule has 0 unspecified atom stereocenters. The fraction of sp³-hybridized carbons (Fsp3) is 0.375. The third-order valence-electron chi connectivity index (χ3n) is 3.09. The van der Waals surface area contributed by atoms with Crippen molar-refractivity contribution in [1.82, 2.24) is 4.90 Å². The standard InChI is InChI=1S/C11H12O2.C5H9NO/c1-2-9-4-3-5-10(8-9)6-7-11(12)13;1-6-4-2-3-5(6)7/h3-8H,2H2,1H3,(H,12,13);2-4H2,1H3. The van der Waals surface area contributed by atoms with Gasteiger partial charge in [-0.05, 0) is 30.0 Å². The molecule has 1 N–H and O–H groups in total. The first-order valence-electron chi connectivity index (χ1n) is 6.77. The average Bonchev–Trinajstić information content (AvgIpc) is 2.81. The van der Waals surface area contributed by atoms with E-state index in [4.69, 9.17) is 5.11 Å². The third-order valence-corrected chi connectivity index (χ3v) is 3.09. The van der Waals surface area contributed by atoms with Crippen LogP contribution in [0.1, 0.15) is 30.9 Å². The van der Waals surface area contributed by atoms with E-state index in [0.717, 1.165) is 37.4 Å². The maximum atomic E-state index is 10.5. The molecule has 1 fully saturated rings. The van der Waals surface area contributed by atoms with Crippen LogP contribution >= 0.6 is 0 Å². The van der Waals surface area contributed by atoms with Gasteiger partial charge in [-0.1, -0.05) is 31.2 Å². The fourth-order valence-corrected chi connectivity index (χ4v) is 1.87. The second kappa shape index (κ2) is 8.15. The lowest BCUT2D eigenvalue weighted by molar-refractivity contribution is -0.131. The summed E-state index contributed by atoms with van der Waals surface area (Å²) in [4.78, 5) is 22.5. The van der Waals surface area contributed by atoms with Gasteiger partial charge < -0.3 is 10.0 Å². The van der Waals surface area contributed by atoms with Crippen LogP contribution in [0.3, 0.4) is 0 Å². The van der Waals surface area contributed by atoms with Gasteiger partial charge in [-0.25, -0.2) is 4.79 Å². The second-order valence-corrected chi connectivity index (χ2v) is 4.69. The molecular formula is C16H21NO3. The Morgan fingerprint density at radius 3 is 2.65 bits per heavy atom. The van der Waals surface area contributed by atoms with Gasteiger partial charge in [0.1, 0.15) is 0 Å². The average molecular weight is 275 g/mol. The van der Waals surface area contributed by atoms with Gasteiger partial charge in [-0.2, -0.15) is 0 Å². The number of benzene rings is 1. The van der Waals surface area contributed by atoms with Gasteiger partial charge in [0.15, 0.2) is 0 Å². The summed E-state index contributed by atoms with van der Waals surface area (Å²) >= 11 is 0. The minimum atomic E-state index is -0.915. The van der Waals surface area contributed by atoms with E-state index in [-0.39, 0.29) is 0 Å². The molecule has 0 aromatic heterocycles. The lowest BCUT2D eigenvalue weighted by Gasteiger charge is -2.03. The molecule has 1 amide bonds. The van der Waals surface area contributed by atoms with Crippen molar-refractivity contribution in [3.05, 3.63) is 41.5 Å². The van der Waals surface area contributed by atoms with Gasteiger partial charge >= 0.3 is 5.97 Å². The summed E-state index contributed by atoms with van der Waals surface area (Å²) in [5.41, 5.74) is 2.15. The zero-order valence-corrected chi connectivity index (χ0v) is 12.0. The van der Waals surface area contributed by atoms with Crippen molar-refractivity contribution in [3.8, 4) is 0 Å². The Hall–Kier alpha value is -2.10. The number of aryl methyl sites for hydroxylation is 1. The van der Waals surface area contributed by atoms with Gasteiger partial charge in [0.05, 0.1) is 0 Å². The molecule has 4 nitrogen and oxygen atoms in total. The zero-order chi connectivity index (χ0) is 15.0. The van der Waals surface area contributed by atoms with Gasteiger partial charge in [-0.15, -0.1) is 0 Å². The first kappa shape index (κ1) is 16.0. The number of hydrogen-bond acceptors (Lipinski definition) is 2. The molecule has 1 aliphatic rings. The highest BCUT2D eigenvalue weighted by Gasteiger charge is 2.14. The molecule has 0 aliphatic carbocycles. The van der Waals surface area contributed by atoms with E-state index in [0.29, 0.717) is 5.91 Å². The van der Waals surface area contributed by atoms with Crippen LogP contribution in [0.5, 0.6) is 0 Å². The predicted octanol–water partition coefficient (Wildman–Crippen LogP) is 2.59.